The molecule has 0 heterocycles. The van der Waals surface area contributed by atoms with Gasteiger partial charge in [-0.3, -0.25) is 9.59 Å². The van der Waals surface area contributed by atoms with Gasteiger partial charge in [-0.25, -0.2) is 8.78 Å². The Morgan fingerprint density at radius 1 is 1.21 bits per heavy atom. The lowest BCUT2D eigenvalue weighted by molar-refractivity contribution is -0.151. The summed E-state index contributed by atoms with van der Waals surface area (Å²) in [6.45, 7) is -1.48. The van der Waals surface area contributed by atoms with Gasteiger partial charge in [0.05, 0.1) is 18.4 Å². The van der Waals surface area contributed by atoms with E-state index in [2.05, 4.69) is 0 Å². The van der Waals surface area contributed by atoms with Gasteiger partial charge in [0, 0.05) is 0 Å². The third kappa shape index (κ3) is 4.07. The fourth-order valence-corrected chi connectivity index (χ4v) is 2.15. The first-order chi connectivity index (χ1) is 8.75. The minimum atomic E-state index is -4.30. The molecule has 1 aliphatic rings. The van der Waals surface area contributed by atoms with Gasteiger partial charge in [0.1, 0.15) is 0 Å². The zero-order chi connectivity index (χ0) is 14.6. The maximum Gasteiger partial charge on any atom is 0.324 e. The first kappa shape index (κ1) is 15.7. The summed E-state index contributed by atoms with van der Waals surface area (Å²) in [7, 11) is 0. The van der Waals surface area contributed by atoms with Crippen LogP contribution in [0.15, 0.2) is 0 Å². The molecule has 0 aromatic heterocycles. The molecule has 1 amide bonds. The van der Waals surface area contributed by atoms with Crippen molar-refractivity contribution in [2.45, 2.75) is 38.0 Å². The molecule has 0 saturated heterocycles. The smallest absolute Gasteiger partial charge is 0.324 e. The molecule has 0 aliphatic heterocycles. The van der Waals surface area contributed by atoms with Gasteiger partial charge in [-0.15, -0.1) is 0 Å². The minimum Gasteiger partial charge on any atom is -0.481 e. The third-order valence-electron chi connectivity index (χ3n) is 3.24. The van der Waals surface area contributed by atoms with Crippen molar-refractivity contribution >= 4 is 11.9 Å². The summed E-state index contributed by atoms with van der Waals surface area (Å²) in [5, 5.41) is 10.7. The van der Waals surface area contributed by atoms with Gasteiger partial charge in [0.2, 0.25) is 5.91 Å². The van der Waals surface area contributed by atoms with Gasteiger partial charge in [-0.2, -0.15) is 8.78 Å². The van der Waals surface area contributed by atoms with Gasteiger partial charge in [0.25, 0.3) is 0 Å². The predicted molar refractivity (Wildman–Crippen MR) is 57.0 cm³/mol. The fraction of sp³-hybridized carbons (Fsp3) is 0.818. The first-order valence-corrected chi connectivity index (χ1v) is 5.92. The highest BCUT2D eigenvalue weighted by Gasteiger charge is 2.42. The van der Waals surface area contributed by atoms with E-state index in [1.54, 1.807) is 5.32 Å². The molecule has 2 unspecified atom stereocenters. The Bertz CT molecular complexity index is 349. The van der Waals surface area contributed by atoms with Crippen LogP contribution in [0, 0.1) is 11.8 Å². The van der Waals surface area contributed by atoms with Gasteiger partial charge >= 0.3 is 18.3 Å². The maximum absolute atomic E-state index is 12.6. The number of carbonyl (C=O) groups excluding carboxylic acids is 1. The van der Waals surface area contributed by atoms with E-state index in [1.807, 2.05) is 0 Å². The molecule has 0 bridgehead atoms. The van der Waals surface area contributed by atoms with Gasteiger partial charge in [0.15, 0.2) is 0 Å². The first-order valence-electron chi connectivity index (χ1n) is 5.92. The van der Waals surface area contributed by atoms with Crippen LogP contribution < -0.4 is 5.32 Å². The molecular formula is C11H15F4NO3. The molecule has 2 atom stereocenters. The van der Waals surface area contributed by atoms with Crippen LogP contribution in [0.3, 0.4) is 0 Å². The summed E-state index contributed by atoms with van der Waals surface area (Å²) in [5.74, 6) is -8.23. The van der Waals surface area contributed by atoms with E-state index in [9.17, 15) is 27.2 Å². The molecule has 1 fully saturated rings. The molecule has 0 aromatic carbocycles. The van der Waals surface area contributed by atoms with Crippen LogP contribution in [-0.4, -0.2) is 35.9 Å². The van der Waals surface area contributed by atoms with E-state index in [0.717, 1.165) is 0 Å². The Balaban J connectivity index is 2.59. The van der Waals surface area contributed by atoms with Crippen molar-refractivity contribution in [2.24, 2.45) is 11.8 Å². The largest absolute Gasteiger partial charge is 0.481 e. The minimum absolute atomic E-state index is 0.267. The molecule has 8 heteroatoms. The van der Waals surface area contributed by atoms with Crippen LogP contribution in [0.4, 0.5) is 17.6 Å². The molecule has 0 radical (unpaired) electrons. The number of hydrogen-bond acceptors (Lipinski definition) is 2. The number of carboxylic acid groups (broad SMARTS) is 1. The molecule has 1 saturated carbocycles. The molecule has 19 heavy (non-hydrogen) atoms. The lowest BCUT2D eigenvalue weighted by Crippen LogP contribution is -2.46. The van der Waals surface area contributed by atoms with E-state index in [-0.39, 0.29) is 6.42 Å². The molecule has 0 spiro atoms. The summed E-state index contributed by atoms with van der Waals surface area (Å²) in [5.41, 5.74) is 0. The van der Waals surface area contributed by atoms with Crippen molar-refractivity contribution in [3.05, 3.63) is 0 Å². The molecular weight excluding hydrogens is 270 g/mol. The summed E-state index contributed by atoms with van der Waals surface area (Å²) in [4.78, 5) is 22.6. The van der Waals surface area contributed by atoms with Crippen molar-refractivity contribution in [1.29, 1.82) is 0 Å². The van der Waals surface area contributed by atoms with Crippen LogP contribution in [-0.2, 0) is 9.59 Å². The molecule has 1 rings (SSSR count). The Labute approximate surface area is 107 Å². The quantitative estimate of drug-likeness (QED) is 0.758. The SMILES string of the molecule is O=C(O)C1CCCCC1C(=O)NCC(F)(F)C(F)F. The van der Waals surface area contributed by atoms with E-state index in [1.165, 1.54) is 0 Å². The Hall–Kier alpha value is -1.34. The number of nitrogens with one attached hydrogen (secondary N) is 1. The second-order valence-electron chi connectivity index (χ2n) is 4.62. The summed E-state index contributed by atoms with van der Waals surface area (Å²) in [6.07, 6.45) is -2.04. The third-order valence-corrected chi connectivity index (χ3v) is 3.24. The number of carbonyl (C=O) groups is 2. The number of rotatable bonds is 5. The Kier molecular flexibility index (Phi) is 5.13. The van der Waals surface area contributed by atoms with Crippen LogP contribution >= 0.6 is 0 Å². The number of carboxylic acids is 1. The second-order valence-corrected chi connectivity index (χ2v) is 4.62. The molecule has 2 N–H and O–H groups in total. The second kappa shape index (κ2) is 6.21. The number of aliphatic carboxylic acids is 1. The highest BCUT2D eigenvalue weighted by Crippen LogP contribution is 2.30. The van der Waals surface area contributed by atoms with Crippen molar-refractivity contribution in [3.63, 3.8) is 0 Å². The van der Waals surface area contributed by atoms with Crippen molar-refractivity contribution in [3.8, 4) is 0 Å². The van der Waals surface area contributed by atoms with E-state index in [0.29, 0.717) is 19.3 Å². The molecule has 0 aromatic rings. The monoisotopic (exact) mass is 285 g/mol. The molecule has 4 nitrogen and oxygen atoms in total. The van der Waals surface area contributed by atoms with Crippen LogP contribution in [0.5, 0.6) is 0 Å². The lowest BCUT2D eigenvalue weighted by Gasteiger charge is -2.28. The van der Waals surface area contributed by atoms with Crippen LogP contribution in [0.2, 0.25) is 0 Å². The summed E-state index contributed by atoms with van der Waals surface area (Å²) in [6, 6.07) is 0. The van der Waals surface area contributed by atoms with Crippen molar-refractivity contribution in [1.82, 2.24) is 5.32 Å². The van der Waals surface area contributed by atoms with E-state index >= 15 is 0 Å². The maximum atomic E-state index is 12.6. The van der Waals surface area contributed by atoms with Gasteiger partial charge < -0.3 is 10.4 Å². The van der Waals surface area contributed by atoms with Gasteiger partial charge in [-0.05, 0) is 12.8 Å². The van der Waals surface area contributed by atoms with Crippen molar-refractivity contribution < 1.29 is 32.3 Å². The Morgan fingerprint density at radius 3 is 2.21 bits per heavy atom. The highest BCUT2D eigenvalue weighted by atomic mass is 19.3. The summed E-state index contributed by atoms with van der Waals surface area (Å²) >= 11 is 0. The van der Waals surface area contributed by atoms with Crippen LogP contribution in [0.1, 0.15) is 25.7 Å². The Morgan fingerprint density at radius 2 is 1.74 bits per heavy atom. The highest BCUT2D eigenvalue weighted by molar-refractivity contribution is 5.84. The van der Waals surface area contributed by atoms with Crippen LogP contribution in [0.25, 0.3) is 0 Å². The number of amides is 1. The number of alkyl halides is 4. The molecule has 1 aliphatic carbocycles. The molecule has 110 valence electrons. The van der Waals surface area contributed by atoms with Gasteiger partial charge in [-0.1, -0.05) is 12.8 Å². The summed E-state index contributed by atoms with van der Waals surface area (Å²) < 4.78 is 49.1. The normalized spacial score (nSPS) is 24.3. The van der Waals surface area contributed by atoms with Crippen molar-refractivity contribution in [2.75, 3.05) is 6.54 Å². The number of halogens is 4. The lowest BCUT2D eigenvalue weighted by atomic mass is 9.78. The average Bonchev–Trinajstić information content (AvgIpc) is 2.35. The number of hydrogen-bond donors (Lipinski definition) is 2. The topological polar surface area (TPSA) is 66.4 Å². The van der Waals surface area contributed by atoms with E-state index < -0.39 is 42.6 Å². The standard InChI is InChI=1S/C11H15F4NO3/c12-10(13)11(14,15)5-16-8(17)6-3-1-2-4-7(6)9(18)19/h6-7,10H,1-5H2,(H,16,17)(H,18,19). The van der Waals surface area contributed by atoms with E-state index in [4.69, 9.17) is 5.11 Å². The average molecular weight is 285 g/mol. The zero-order valence-corrected chi connectivity index (χ0v) is 10.0. The predicted octanol–water partition coefficient (Wildman–Crippen LogP) is 1.89. The fourth-order valence-electron chi connectivity index (χ4n) is 2.15. The zero-order valence-electron chi connectivity index (χ0n) is 10.0.